The van der Waals surface area contributed by atoms with Crippen molar-refractivity contribution in [2.75, 3.05) is 12.8 Å². The second-order valence-electron chi connectivity index (χ2n) is 4.75. The molecular formula is C12H16FNO2S. The molecule has 0 bridgehead atoms. The third-order valence-corrected chi connectivity index (χ3v) is 4.46. The van der Waals surface area contributed by atoms with Crippen molar-refractivity contribution in [1.29, 1.82) is 0 Å². The van der Waals surface area contributed by atoms with Crippen LogP contribution in [0.25, 0.3) is 0 Å². The molecule has 1 heterocycles. The highest BCUT2D eigenvalue weighted by Gasteiger charge is 2.35. The molecule has 1 fully saturated rings. The van der Waals surface area contributed by atoms with E-state index in [1.165, 1.54) is 6.07 Å². The highest BCUT2D eigenvalue weighted by molar-refractivity contribution is 7.90. The Morgan fingerprint density at radius 1 is 1.41 bits per heavy atom. The molecule has 1 aliphatic heterocycles. The molecule has 3 nitrogen and oxygen atoms in total. The zero-order chi connectivity index (χ0) is 12.7. The average molecular weight is 257 g/mol. The van der Waals surface area contributed by atoms with Crippen LogP contribution in [0.4, 0.5) is 4.39 Å². The molecule has 0 aromatic heterocycles. The molecule has 1 saturated heterocycles. The Morgan fingerprint density at radius 2 is 2.12 bits per heavy atom. The van der Waals surface area contributed by atoms with Crippen molar-refractivity contribution in [3.63, 3.8) is 0 Å². The molecule has 0 amide bonds. The van der Waals surface area contributed by atoms with Crippen molar-refractivity contribution in [3.05, 3.63) is 29.6 Å². The molecule has 0 saturated carbocycles. The molecule has 1 unspecified atom stereocenters. The average Bonchev–Trinajstić information content (AvgIpc) is 2.64. The fourth-order valence-electron chi connectivity index (χ4n) is 2.44. The second-order valence-corrected chi connectivity index (χ2v) is 6.70. The highest BCUT2D eigenvalue weighted by Crippen LogP contribution is 2.35. The maximum Gasteiger partial charge on any atom is 0.178 e. The van der Waals surface area contributed by atoms with Crippen LogP contribution in [-0.2, 0) is 15.4 Å². The first-order valence-corrected chi connectivity index (χ1v) is 7.48. The van der Waals surface area contributed by atoms with Gasteiger partial charge >= 0.3 is 0 Å². The van der Waals surface area contributed by atoms with Crippen molar-refractivity contribution >= 4 is 9.84 Å². The predicted octanol–water partition coefficient (Wildman–Crippen LogP) is 1.83. The molecule has 0 aliphatic carbocycles. The van der Waals surface area contributed by atoms with E-state index >= 15 is 0 Å². The summed E-state index contributed by atoms with van der Waals surface area (Å²) in [5.74, 6) is -0.667. The van der Waals surface area contributed by atoms with E-state index in [4.69, 9.17) is 0 Å². The lowest BCUT2D eigenvalue weighted by Gasteiger charge is -2.27. The van der Waals surface area contributed by atoms with Crippen molar-refractivity contribution in [1.82, 2.24) is 5.32 Å². The van der Waals surface area contributed by atoms with Crippen LogP contribution >= 0.6 is 0 Å². The first kappa shape index (κ1) is 12.5. The Labute approximate surface area is 101 Å². The van der Waals surface area contributed by atoms with Gasteiger partial charge in [-0.25, -0.2) is 12.8 Å². The van der Waals surface area contributed by atoms with Crippen molar-refractivity contribution in [2.24, 2.45) is 0 Å². The van der Waals surface area contributed by atoms with E-state index in [0.717, 1.165) is 25.6 Å². The maximum absolute atomic E-state index is 13.8. The summed E-state index contributed by atoms with van der Waals surface area (Å²) in [6.07, 6.45) is 2.84. The summed E-state index contributed by atoms with van der Waals surface area (Å²) in [5.41, 5.74) is 0.0954. The van der Waals surface area contributed by atoms with Crippen LogP contribution in [0.3, 0.4) is 0 Å². The van der Waals surface area contributed by atoms with E-state index in [-0.39, 0.29) is 4.90 Å². The molecule has 1 atom stereocenters. The Balaban J connectivity index is 2.66. The highest BCUT2D eigenvalue weighted by atomic mass is 32.2. The zero-order valence-corrected chi connectivity index (χ0v) is 10.8. The largest absolute Gasteiger partial charge is 0.308 e. The summed E-state index contributed by atoms with van der Waals surface area (Å²) in [6.45, 7) is 2.75. The maximum atomic E-state index is 13.8. The molecule has 17 heavy (non-hydrogen) atoms. The molecule has 0 spiro atoms. The van der Waals surface area contributed by atoms with E-state index in [2.05, 4.69) is 5.32 Å². The SMILES string of the molecule is CC1(c2cccc(F)c2S(C)(=O)=O)CCCN1. The van der Waals surface area contributed by atoms with Crippen LogP contribution in [0.2, 0.25) is 0 Å². The molecule has 1 aromatic rings. The second kappa shape index (κ2) is 4.07. The van der Waals surface area contributed by atoms with Gasteiger partial charge in [0.1, 0.15) is 10.7 Å². The van der Waals surface area contributed by atoms with Gasteiger partial charge in [-0.2, -0.15) is 0 Å². The molecule has 0 radical (unpaired) electrons. The third-order valence-electron chi connectivity index (χ3n) is 3.30. The molecule has 1 N–H and O–H groups in total. The lowest BCUT2D eigenvalue weighted by Crippen LogP contribution is -2.35. The summed E-state index contributed by atoms with van der Waals surface area (Å²) in [6, 6.07) is 4.45. The summed E-state index contributed by atoms with van der Waals surface area (Å²) >= 11 is 0. The number of rotatable bonds is 2. The van der Waals surface area contributed by atoms with Crippen LogP contribution in [-0.4, -0.2) is 21.2 Å². The lowest BCUT2D eigenvalue weighted by atomic mass is 9.90. The Kier molecular flexibility index (Phi) is 2.99. The van der Waals surface area contributed by atoms with Gasteiger partial charge in [0, 0.05) is 11.8 Å². The number of halogens is 1. The molecule has 1 aromatic carbocycles. The quantitative estimate of drug-likeness (QED) is 0.879. The van der Waals surface area contributed by atoms with Crippen LogP contribution in [0, 0.1) is 5.82 Å². The normalized spacial score (nSPS) is 25.1. The summed E-state index contributed by atoms with van der Waals surface area (Å²) in [7, 11) is -3.55. The fraction of sp³-hybridized carbons (Fsp3) is 0.500. The van der Waals surface area contributed by atoms with Gasteiger partial charge in [0.15, 0.2) is 9.84 Å². The standard InChI is InChI=1S/C12H16FNO2S/c1-12(7-4-8-14-12)9-5-3-6-10(13)11(9)17(2,15)16/h3,5-6,14H,4,7-8H2,1-2H3. The molecule has 1 aliphatic rings. The fourth-order valence-corrected chi connectivity index (χ4v) is 3.56. The summed E-state index contributed by atoms with van der Waals surface area (Å²) in [4.78, 5) is -0.170. The van der Waals surface area contributed by atoms with Gasteiger partial charge in [-0.15, -0.1) is 0 Å². The minimum Gasteiger partial charge on any atom is -0.308 e. The monoisotopic (exact) mass is 257 g/mol. The van der Waals surface area contributed by atoms with Gasteiger partial charge in [0.05, 0.1) is 0 Å². The number of nitrogens with one attached hydrogen (secondary N) is 1. The Hall–Kier alpha value is -0.940. The molecule has 2 rings (SSSR count). The number of benzene rings is 1. The Bertz CT molecular complexity index is 533. The minimum absolute atomic E-state index is 0.170. The predicted molar refractivity (Wildman–Crippen MR) is 64.1 cm³/mol. The van der Waals surface area contributed by atoms with Crippen LogP contribution in [0.5, 0.6) is 0 Å². The van der Waals surface area contributed by atoms with E-state index < -0.39 is 21.2 Å². The van der Waals surface area contributed by atoms with Gasteiger partial charge in [-0.3, -0.25) is 0 Å². The van der Waals surface area contributed by atoms with Crippen LogP contribution in [0.15, 0.2) is 23.1 Å². The van der Waals surface area contributed by atoms with E-state index in [1.54, 1.807) is 12.1 Å². The number of sulfone groups is 1. The van der Waals surface area contributed by atoms with E-state index in [0.29, 0.717) is 5.56 Å². The van der Waals surface area contributed by atoms with Gasteiger partial charge in [-0.05, 0) is 37.9 Å². The van der Waals surface area contributed by atoms with E-state index in [9.17, 15) is 12.8 Å². The number of hydrogen-bond donors (Lipinski definition) is 1. The smallest absolute Gasteiger partial charge is 0.178 e. The topological polar surface area (TPSA) is 46.2 Å². The minimum atomic E-state index is -3.55. The number of hydrogen-bond acceptors (Lipinski definition) is 3. The van der Waals surface area contributed by atoms with E-state index in [1.807, 2.05) is 6.92 Å². The Morgan fingerprint density at radius 3 is 2.65 bits per heavy atom. The van der Waals surface area contributed by atoms with Crippen molar-refractivity contribution in [2.45, 2.75) is 30.2 Å². The third kappa shape index (κ3) is 2.21. The summed E-state index contributed by atoms with van der Waals surface area (Å²) < 4.78 is 37.2. The first-order valence-electron chi connectivity index (χ1n) is 5.59. The molecule has 94 valence electrons. The van der Waals surface area contributed by atoms with Gasteiger partial charge in [0.25, 0.3) is 0 Å². The molecular weight excluding hydrogens is 241 g/mol. The molecule has 5 heteroatoms. The summed E-state index contributed by atoms with van der Waals surface area (Å²) in [5, 5.41) is 3.26. The van der Waals surface area contributed by atoms with Crippen molar-refractivity contribution < 1.29 is 12.8 Å². The van der Waals surface area contributed by atoms with Crippen molar-refractivity contribution in [3.8, 4) is 0 Å². The first-order chi connectivity index (χ1) is 7.84. The van der Waals surface area contributed by atoms with Gasteiger partial charge < -0.3 is 5.32 Å². The van der Waals surface area contributed by atoms with Crippen LogP contribution in [0.1, 0.15) is 25.3 Å². The zero-order valence-electron chi connectivity index (χ0n) is 9.96. The van der Waals surface area contributed by atoms with Gasteiger partial charge in [0.2, 0.25) is 0 Å². The van der Waals surface area contributed by atoms with Crippen LogP contribution < -0.4 is 5.32 Å². The van der Waals surface area contributed by atoms with Gasteiger partial charge in [-0.1, -0.05) is 12.1 Å². The lowest BCUT2D eigenvalue weighted by molar-refractivity contribution is 0.417.